The highest BCUT2D eigenvalue weighted by Gasteiger charge is 2.30. The number of ketones is 1. The van der Waals surface area contributed by atoms with E-state index >= 15 is 0 Å². The van der Waals surface area contributed by atoms with Crippen LogP contribution in [0.15, 0.2) is 84.9 Å². The van der Waals surface area contributed by atoms with Gasteiger partial charge >= 0.3 is 6.18 Å². The van der Waals surface area contributed by atoms with Crippen molar-refractivity contribution in [1.29, 1.82) is 0 Å². The molecule has 0 spiro atoms. The van der Waals surface area contributed by atoms with Crippen molar-refractivity contribution in [1.82, 2.24) is 9.47 Å². The standard InChI is InChI=1S/C33H34F3N3O2/c1-23-29(31(40)20-24-11-8-15-27(19-24)33(34,35)36)22-30(25-12-6-5-7-13-25)39(23)18-10-17-38(4)32(41)26-14-9-16-28(21-26)37(2)3/h5-9,11-16,19,21-22H,10,17-18,20H2,1-4H3. The van der Waals surface area contributed by atoms with Gasteiger partial charge in [0.1, 0.15) is 0 Å². The molecule has 0 saturated heterocycles. The number of halogens is 3. The molecule has 0 radical (unpaired) electrons. The third-order valence-electron chi connectivity index (χ3n) is 7.19. The van der Waals surface area contributed by atoms with E-state index in [4.69, 9.17) is 0 Å². The van der Waals surface area contributed by atoms with Gasteiger partial charge in [0, 0.05) is 68.9 Å². The highest BCUT2D eigenvalue weighted by atomic mass is 19.4. The summed E-state index contributed by atoms with van der Waals surface area (Å²) in [6.45, 7) is 2.92. The van der Waals surface area contributed by atoms with Gasteiger partial charge < -0.3 is 14.4 Å². The maximum Gasteiger partial charge on any atom is 0.416 e. The first-order valence-electron chi connectivity index (χ1n) is 13.4. The molecule has 4 rings (SSSR count). The minimum Gasteiger partial charge on any atom is -0.378 e. The number of anilines is 1. The fraction of sp³-hybridized carbons (Fsp3) is 0.273. The predicted molar refractivity (Wildman–Crippen MR) is 156 cm³/mol. The normalized spacial score (nSPS) is 11.4. The third-order valence-corrected chi connectivity index (χ3v) is 7.19. The SMILES string of the molecule is Cc1c(C(=O)Cc2cccc(C(F)(F)F)c2)cc(-c2ccccc2)n1CCCN(C)C(=O)c1cccc(N(C)C)c1. The summed E-state index contributed by atoms with van der Waals surface area (Å²) in [4.78, 5) is 30.0. The van der Waals surface area contributed by atoms with Crippen molar-refractivity contribution in [2.75, 3.05) is 32.6 Å². The lowest BCUT2D eigenvalue weighted by Gasteiger charge is -2.20. The van der Waals surface area contributed by atoms with E-state index in [0.717, 1.165) is 34.8 Å². The van der Waals surface area contributed by atoms with Crippen LogP contribution in [0, 0.1) is 6.92 Å². The van der Waals surface area contributed by atoms with Crippen LogP contribution in [-0.2, 0) is 19.1 Å². The van der Waals surface area contributed by atoms with Crippen LogP contribution in [0.3, 0.4) is 0 Å². The van der Waals surface area contributed by atoms with Crippen molar-refractivity contribution >= 4 is 17.4 Å². The Balaban J connectivity index is 1.53. The number of alkyl halides is 3. The molecule has 8 heteroatoms. The van der Waals surface area contributed by atoms with E-state index in [-0.39, 0.29) is 18.1 Å². The first-order chi connectivity index (χ1) is 19.5. The van der Waals surface area contributed by atoms with Gasteiger partial charge in [-0.05, 0) is 54.8 Å². The molecule has 0 aliphatic heterocycles. The molecule has 3 aromatic carbocycles. The number of nitrogens with zero attached hydrogens (tertiary/aromatic N) is 3. The number of Topliss-reactive ketones (excluding diaryl/α,β-unsaturated/α-hetero) is 1. The molecule has 0 fully saturated rings. The molecular formula is C33H34F3N3O2. The Kier molecular flexibility index (Phi) is 9.01. The van der Waals surface area contributed by atoms with Gasteiger partial charge in [0.05, 0.1) is 5.56 Å². The van der Waals surface area contributed by atoms with Gasteiger partial charge in [-0.3, -0.25) is 9.59 Å². The van der Waals surface area contributed by atoms with Crippen LogP contribution < -0.4 is 4.90 Å². The number of carbonyl (C=O) groups is 2. The average Bonchev–Trinajstić information content (AvgIpc) is 3.28. The predicted octanol–water partition coefficient (Wildman–Crippen LogP) is 7.14. The summed E-state index contributed by atoms with van der Waals surface area (Å²) >= 11 is 0. The molecule has 0 N–H and O–H groups in total. The summed E-state index contributed by atoms with van der Waals surface area (Å²) in [7, 11) is 5.63. The molecule has 0 aliphatic carbocycles. The van der Waals surface area contributed by atoms with Crippen molar-refractivity contribution in [2.45, 2.75) is 32.5 Å². The molecule has 214 valence electrons. The first-order valence-corrected chi connectivity index (χ1v) is 13.4. The van der Waals surface area contributed by atoms with Gasteiger partial charge in [0.15, 0.2) is 5.78 Å². The van der Waals surface area contributed by atoms with Crippen molar-refractivity contribution in [2.24, 2.45) is 0 Å². The highest BCUT2D eigenvalue weighted by molar-refractivity contribution is 6.00. The van der Waals surface area contributed by atoms with E-state index in [1.54, 1.807) is 24.1 Å². The Labute approximate surface area is 238 Å². The fourth-order valence-electron chi connectivity index (χ4n) is 4.91. The molecule has 1 aromatic heterocycles. The maximum absolute atomic E-state index is 13.3. The maximum atomic E-state index is 13.3. The lowest BCUT2D eigenvalue weighted by Crippen LogP contribution is -2.28. The Morgan fingerprint density at radius 2 is 1.56 bits per heavy atom. The largest absolute Gasteiger partial charge is 0.416 e. The van der Waals surface area contributed by atoms with Crippen LogP contribution in [0.1, 0.15) is 44.0 Å². The minimum atomic E-state index is -4.47. The Morgan fingerprint density at radius 3 is 2.24 bits per heavy atom. The van der Waals surface area contributed by atoms with Crippen molar-refractivity contribution < 1.29 is 22.8 Å². The zero-order valence-corrected chi connectivity index (χ0v) is 23.7. The minimum absolute atomic E-state index is 0.0711. The molecule has 0 atom stereocenters. The van der Waals surface area contributed by atoms with Crippen LogP contribution in [0.5, 0.6) is 0 Å². The second-order valence-corrected chi connectivity index (χ2v) is 10.4. The molecular weight excluding hydrogens is 527 g/mol. The van der Waals surface area contributed by atoms with Gasteiger partial charge in [-0.1, -0.05) is 54.6 Å². The summed E-state index contributed by atoms with van der Waals surface area (Å²) in [5, 5.41) is 0. The van der Waals surface area contributed by atoms with Crippen molar-refractivity contribution in [3.05, 3.63) is 113 Å². The summed E-state index contributed by atoms with van der Waals surface area (Å²) in [6, 6.07) is 23.9. The molecule has 41 heavy (non-hydrogen) atoms. The summed E-state index contributed by atoms with van der Waals surface area (Å²) in [6.07, 6.45) is -3.96. The van der Waals surface area contributed by atoms with E-state index in [0.29, 0.717) is 36.2 Å². The lowest BCUT2D eigenvalue weighted by atomic mass is 10.0. The van der Waals surface area contributed by atoms with E-state index in [9.17, 15) is 22.8 Å². The molecule has 0 aliphatic rings. The van der Waals surface area contributed by atoms with Gasteiger partial charge in [-0.15, -0.1) is 0 Å². The van der Waals surface area contributed by atoms with E-state index in [1.807, 2.05) is 80.5 Å². The number of hydrogen-bond donors (Lipinski definition) is 0. The van der Waals surface area contributed by atoms with Crippen LogP contribution in [-0.4, -0.2) is 48.8 Å². The Morgan fingerprint density at radius 1 is 0.854 bits per heavy atom. The van der Waals surface area contributed by atoms with Crippen molar-refractivity contribution in [3.8, 4) is 11.3 Å². The van der Waals surface area contributed by atoms with E-state index < -0.39 is 11.7 Å². The molecule has 0 bridgehead atoms. The Hall–Kier alpha value is -4.33. The summed E-state index contributed by atoms with van der Waals surface area (Å²) in [5.74, 6) is -0.316. The Bertz CT molecular complexity index is 1520. The average molecular weight is 562 g/mol. The third kappa shape index (κ3) is 7.06. The summed E-state index contributed by atoms with van der Waals surface area (Å²) in [5.41, 5.74) is 4.11. The van der Waals surface area contributed by atoms with Crippen LogP contribution in [0.2, 0.25) is 0 Å². The zero-order valence-electron chi connectivity index (χ0n) is 23.7. The second kappa shape index (κ2) is 12.5. The molecule has 1 amide bonds. The van der Waals surface area contributed by atoms with Crippen LogP contribution in [0.4, 0.5) is 18.9 Å². The van der Waals surface area contributed by atoms with Crippen LogP contribution >= 0.6 is 0 Å². The number of aromatic nitrogens is 1. The topological polar surface area (TPSA) is 45.6 Å². The zero-order chi connectivity index (χ0) is 29.7. The van der Waals surface area contributed by atoms with Crippen molar-refractivity contribution in [3.63, 3.8) is 0 Å². The van der Waals surface area contributed by atoms with Gasteiger partial charge in [-0.2, -0.15) is 13.2 Å². The molecule has 0 saturated carbocycles. The van der Waals surface area contributed by atoms with E-state index in [2.05, 4.69) is 4.57 Å². The first kappa shape index (κ1) is 29.6. The number of amides is 1. The van der Waals surface area contributed by atoms with Gasteiger partial charge in [0.2, 0.25) is 0 Å². The highest BCUT2D eigenvalue weighted by Crippen LogP contribution is 2.31. The number of carbonyl (C=O) groups excluding carboxylic acids is 2. The van der Waals surface area contributed by atoms with E-state index in [1.165, 1.54) is 6.07 Å². The van der Waals surface area contributed by atoms with Gasteiger partial charge in [-0.25, -0.2) is 0 Å². The lowest BCUT2D eigenvalue weighted by molar-refractivity contribution is -0.137. The molecule has 4 aromatic rings. The second-order valence-electron chi connectivity index (χ2n) is 10.4. The molecule has 5 nitrogen and oxygen atoms in total. The number of benzene rings is 3. The molecule has 0 unspecified atom stereocenters. The van der Waals surface area contributed by atoms with Crippen LogP contribution in [0.25, 0.3) is 11.3 Å². The summed E-state index contributed by atoms with van der Waals surface area (Å²) < 4.78 is 41.6. The monoisotopic (exact) mass is 561 g/mol. The molecule has 1 heterocycles. The fourth-order valence-corrected chi connectivity index (χ4v) is 4.91. The number of rotatable bonds is 10. The smallest absolute Gasteiger partial charge is 0.378 e. The quantitative estimate of drug-likeness (QED) is 0.194. The van der Waals surface area contributed by atoms with Gasteiger partial charge in [0.25, 0.3) is 5.91 Å². The number of hydrogen-bond acceptors (Lipinski definition) is 3.